The van der Waals surface area contributed by atoms with Gasteiger partial charge in [-0.1, -0.05) is 13.3 Å². The van der Waals surface area contributed by atoms with Crippen LogP contribution in [0, 0.1) is 0 Å². The SMILES string of the molecule is CCCC(C)(C)NC(=O)c1ncccc1Br. The van der Waals surface area contributed by atoms with E-state index < -0.39 is 0 Å². The van der Waals surface area contributed by atoms with Gasteiger partial charge in [0.2, 0.25) is 0 Å². The quantitative estimate of drug-likeness (QED) is 0.923. The van der Waals surface area contributed by atoms with Crippen LogP contribution in [0.2, 0.25) is 0 Å². The maximum absolute atomic E-state index is 12.0. The Morgan fingerprint density at radius 2 is 2.25 bits per heavy atom. The largest absolute Gasteiger partial charge is 0.346 e. The van der Waals surface area contributed by atoms with Gasteiger partial charge in [0.05, 0.1) is 0 Å². The zero-order valence-electron chi connectivity index (χ0n) is 9.88. The Hall–Kier alpha value is -0.900. The zero-order valence-corrected chi connectivity index (χ0v) is 11.5. The van der Waals surface area contributed by atoms with E-state index in [1.165, 1.54) is 0 Å². The molecule has 0 atom stereocenters. The molecular formula is C12H17BrN2O. The van der Waals surface area contributed by atoms with Gasteiger partial charge in [0.1, 0.15) is 5.69 Å². The fraction of sp³-hybridized carbons (Fsp3) is 0.500. The number of nitrogens with one attached hydrogen (secondary N) is 1. The van der Waals surface area contributed by atoms with Crippen LogP contribution in [-0.4, -0.2) is 16.4 Å². The third-order valence-electron chi connectivity index (χ3n) is 2.30. The van der Waals surface area contributed by atoms with Crippen molar-refractivity contribution >= 4 is 21.8 Å². The summed E-state index contributed by atoms with van der Waals surface area (Å²) in [5.74, 6) is -0.133. The second kappa shape index (κ2) is 5.43. The van der Waals surface area contributed by atoms with Gasteiger partial charge in [-0.2, -0.15) is 0 Å². The average molecular weight is 285 g/mol. The molecule has 0 aliphatic rings. The third-order valence-corrected chi connectivity index (χ3v) is 2.94. The van der Waals surface area contributed by atoms with Crippen molar-refractivity contribution in [3.63, 3.8) is 0 Å². The summed E-state index contributed by atoms with van der Waals surface area (Å²) in [6, 6.07) is 3.60. The van der Waals surface area contributed by atoms with E-state index >= 15 is 0 Å². The van der Waals surface area contributed by atoms with Crippen molar-refractivity contribution in [3.05, 3.63) is 28.5 Å². The maximum atomic E-state index is 12.0. The van der Waals surface area contributed by atoms with Crippen molar-refractivity contribution in [3.8, 4) is 0 Å². The predicted octanol–water partition coefficient (Wildman–Crippen LogP) is 3.15. The Balaban J connectivity index is 2.77. The zero-order chi connectivity index (χ0) is 12.2. The summed E-state index contributed by atoms with van der Waals surface area (Å²) < 4.78 is 0.722. The Morgan fingerprint density at radius 1 is 1.56 bits per heavy atom. The van der Waals surface area contributed by atoms with Crippen molar-refractivity contribution in [1.29, 1.82) is 0 Å². The molecular weight excluding hydrogens is 268 g/mol. The van der Waals surface area contributed by atoms with Gasteiger partial charge in [-0.15, -0.1) is 0 Å². The molecule has 16 heavy (non-hydrogen) atoms. The minimum Gasteiger partial charge on any atom is -0.346 e. The van der Waals surface area contributed by atoms with E-state index in [0.717, 1.165) is 17.3 Å². The van der Waals surface area contributed by atoms with Crippen LogP contribution in [-0.2, 0) is 0 Å². The van der Waals surface area contributed by atoms with Crippen molar-refractivity contribution in [2.45, 2.75) is 39.2 Å². The van der Waals surface area contributed by atoms with Gasteiger partial charge in [0, 0.05) is 16.2 Å². The summed E-state index contributed by atoms with van der Waals surface area (Å²) in [5, 5.41) is 2.98. The smallest absolute Gasteiger partial charge is 0.271 e. The number of carbonyl (C=O) groups is 1. The molecule has 0 saturated heterocycles. The lowest BCUT2D eigenvalue weighted by molar-refractivity contribution is 0.0903. The van der Waals surface area contributed by atoms with E-state index in [1.807, 2.05) is 19.9 Å². The predicted molar refractivity (Wildman–Crippen MR) is 68.4 cm³/mol. The molecule has 1 aromatic heterocycles. The van der Waals surface area contributed by atoms with E-state index in [-0.39, 0.29) is 11.4 Å². The number of hydrogen-bond acceptors (Lipinski definition) is 2. The monoisotopic (exact) mass is 284 g/mol. The lowest BCUT2D eigenvalue weighted by Gasteiger charge is -2.25. The summed E-state index contributed by atoms with van der Waals surface area (Å²) in [5.41, 5.74) is 0.245. The first-order valence-corrected chi connectivity index (χ1v) is 6.18. The fourth-order valence-electron chi connectivity index (χ4n) is 1.61. The van der Waals surface area contributed by atoms with Crippen molar-refractivity contribution in [2.24, 2.45) is 0 Å². The molecule has 0 spiro atoms. The van der Waals surface area contributed by atoms with Crippen LogP contribution < -0.4 is 5.32 Å². The van der Waals surface area contributed by atoms with Crippen LogP contribution in [0.25, 0.3) is 0 Å². The van der Waals surface area contributed by atoms with E-state index in [0.29, 0.717) is 5.69 Å². The van der Waals surface area contributed by atoms with E-state index in [1.54, 1.807) is 12.3 Å². The molecule has 1 aromatic rings. The highest BCUT2D eigenvalue weighted by Gasteiger charge is 2.21. The molecule has 0 saturated carbocycles. The molecule has 0 radical (unpaired) electrons. The molecule has 0 aromatic carbocycles. The molecule has 0 aliphatic heterocycles. The lowest BCUT2D eigenvalue weighted by Crippen LogP contribution is -2.43. The molecule has 0 bridgehead atoms. The first-order valence-electron chi connectivity index (χ1n) is 5.39. The Kier molecular flexibility index (Phi) is 4.47. The number of aromatic nitrogens is 1. The standard InChI is InChI=1S/C12H17BrN2O/c1-4-7-12(2,3)15-11(16)10-9(13)6-5-8-14-10/h5-6,8H,4,7H2,1-3H3,(H,15,16). The number of hydrogen-bond donors (Lipinski definition) is 1. The first kappa shape index (κ1) is 13.2. The molecule has 0 aliphatic carbocycles. The second-order valence-electron chi connectivity index (χ2n) is 4.42. The van der Waals surface area contributed by atoms with E-state index in [2.05, 4.69) is 33.2 Å². The van der Waals surface area contributed by atoms with Crippen LogP contribution in [0.5, 0.6) is 0 Å². The van der Waals surface area contributed by atoms with Crippen molar-refractivity contribution in [2.75, 3.05) is 0 Å². The first-order chi connectivity index (χ1) is 7.46. The topological polar surface area (TPSA) is 42.0 Å². The van der Waals surface area contributed by atoms with Crippen LogP contribution >= 0.6 is 15.9 Å². The highest BCUT2D eigenvalue weighted by atomic mass is 79.9. The van der Waals surface area contributed by atoms with Gasteiger partial charge in [-0.05, 0) is 48.3 Å². The summed E-state index contributed by atoms with van der Waals surface area (Å²) in [7, 11) is 0. The van der Waals surface area contributed by atoms with Gasteiger partial charge in [0.25, 0.3) is 5.91 Å². The number of amides is 1. The molecule has 4 heteroatoms. The summed E-state index contributed by atoms with van der Waals surface area (Å²) >= 11 is 3.32. The molecule has 1 rings (SSSR count). The normalized spacial score (nSPS) is 11.2. The Morgan fingerprint density at radius 3 is 2.81 bits per heavy atom. The van der Waals surface area contributed by atoms with Crippen LogP contribution in [0.4, 0.5) is 0 Å². The van der Waals surface area contributed by atoms with Crippen LogP contribution in [0.1, 0.15) is 44.1 Å². The molecule has 1 amide bonds. The minimum absolute atomic E-state index is 0.133. The van der Waals surface area contributed by atoms with Gasteiger partial charge in [-0.25, -0.2) is 4.98 Å². The molecule has 3 nitrogen and oxygen atoms in total. The Labute approximate surface area is 105 Å². The Bertz CT molecular complexity index is 377. The highest BCUT2D eigenvalue weighted by Crippen LogP contribution is 2.16. The number of pyridine rings is 1. The number of halogens is 1. The molecule has 1 N–H and O–H groups in total. The number of carbonyl (C=O) groups excluding carboxylic acids is 1. The fourth-order valence-corrected chi connectivity index (χ4v) is 2.04. The van der Waals surface area contributed by atoms with Gasteiger partial charge in [-0.3, -0.25) is 4.79 Å². The molecule has 1 heterocycles. The summed E-state index contributed by atoms with van der Waals surface area (Å²) in [6.07, 6.45) is 3.60. The van der Waals surface area contributed by atoms with Gasteiger partial charge >= 0.3 is 0 Å². The summed E-state index contributed by atoms with van der Waals surface area (Å²) in [4.78, 5) is 16.0. The van der Waals surface area contributed by atoms with Crippen LogP contribution in [0.3, 0.4) is 0 Å². The summed E-state index contributed by atoms with van der Waals surface area (Å²) in [6.45, 7) is 6.14. The van der Waals surface area contributed by atoms with Crippen molar-refractivity contribution in [1.82, 2.24) is 10.3 Å². The molecule has 0 unspecified atom stereocenters. The van der Waals surface area contributed by atoms with Crippen LogP contribution in [0.15, 0.2) is 22.8 Å². The van der Waals surface area contributed by atoms with Crippen molar-refractivity contribution < 1.29 is 4.79 Å². The molecule has 0 fully saturated rings. The third kappa shape index (κ3) is 3.59. The number of nitrogens with zero attached hydrogens (tertiary/aromatic N) is 1. The van der Waals surface area contributed by atoms with Gasteiger partial charge in [0.15, 0.2) is 0 Å². The molecule has 88 valence electrons. The van der Waals surface area contributed by atoms with Gasteiger partial charge < -0.3 is 5.32 Å². The van der Waals surface area contributed by atoms with E-state index in [9.17, 15) is 4.79 Å². The van der Waals surface area contributed by atoms with E-state index in [4.69, 9.17) is 0 Å². The number of rotatable bonds is 4. The second-order valence-corrected chi connectivity index (χ2v) is 5.28. The average Bonchev–Trinajstić information content (AvgIpc) is 2.17. The maximum Gasteiger partial charge on any atom is 0.271 e. The lowest BCUT2D eigenvalue weighted by atomic mass is 9.99. The highest BCUT2D eigenvalue weighted by molar-refractivity contribution is 9.10. The minimum atomic E-state index is -0.192.